The summed E-state index contributed by atoms with van der Waals surface area (Å²) < 4.78 is 5.72. The van der Waals surface area contributed by atoms with E-state index in [1.165, 1.54) is 0 Å². The minimum Gasteiger partial charge on any atom is -0.480 e. The minimum atomic E-state index is -1.19. The zero-order valence-corrected chi connectivity index (χ0v) is 20.8. The number of oxazole rings is 1. The number of carboxylic acid groups (broad SMARTS) is 1. The Morgan fingerprint density at radius 1 is 1.14 bits per heavy atom. The summed E-state index contributed by atoms with van der Waals surface area (Å²) in [6.45, 7) is 6.12. The van der Waals surface area contributed by atoms with Crippen LogP contribution >= 0.6 is 0 Å². The van der Waals surface area contributed by atoms with E-state index in [0.29, 0.717) is 19.4 Å². The highest BCUT2D eigenvalue weighted by Crippen LogP contribution is 2.23. The lowest BCUT2D eigenvalue weighted by molar-refractivity contribution is -0.139. The number of nitrogens with two attached hydrogens (primary N) is 2. The zero-order chi connectivity index (χ0) is 26.7. The normalized spacial score (nSPS) is 12.4. The number of benzene rings is 1. The summed E-state index contributed by atoms with van der Waals surface area (Å²) in [5.74, 6) is -1.39. The topological polar surface area (TPSA) is 198 Å². The maximum Gasteiger partial charge on any atom is 0.326 e. The molecule has 196 valence electrons. The van der Waals surface area contributed by atoms with E-state index in [9.17, 15) is 19.5 Å². The number of hydrogen-bond donors (Lipinski definition) is 6. The molecule has 12 heteroatoms. The smallest absolute Gasteiger partial charge is 0.326 e. The Balaban J connectivity index is 2.07. The molecule has 1 unspecified atom stereocenters. The summed E-state index contributed by atoms with van der Waals surface area (Å²) in [5, 5.41) is 17.6. The van der Waals surface area contributed by atoms with Gasteiger partial charge < -0.3 is 36.9 Å². The van der Waals surface area contributed by atoms with Gasteiger partial charge in [0.25, 0.3) is 5.91 Å². The first-order valence-corrected chi connectivity index (χ1v) is 11.7. The van der Waals surface area contributed by atoms with Crippen LogP contribution in [0.2, 0.25) is 0 Å². The third-order valence-corrected chi connectivity index (χ3v) is 5.18. The van der Waals surface area contributed by atoms with Crippen molar-refractivity contribution in [2.24, 2.45) is 22.4 Å². The van der Waals surface area contributed by atoms with Gasteiger partial charge in [-0.05, 0) is 37.7 Å². The van der Waals surface area contributed by atoms with Crippen LogP contribution in [0.3, 0.4) is 0 Å². The fourth-order valence-corrected chi connectivity index (χ4v) is 3.44. The van der Waals surface area contributed by atoms with Crippen molar-refractivity contribution in [3.8, 4) is 0 Å². The molecular formula is C24H35N7O5. The summed E-state index contributed by atoms with van der Waals surface area (Å²) >= 11 is 0. The van der Waals surface area contributed by atoms with Crippen LogP contribution in [0.4, 0.5) is 4.79 Å². The summed E-state index contributed by atoms with van der Waals surface area (Å²) in [7, 11) is 0. The Morgan fingerprint density at radius 2 is 1.83 bits per heavy atom. The minimum absolute atomic E-state index is 0.0410. The molecule has 3 amide bonds. The summed E-state index contributed by atoms with van der Waals surface area (Å²) in [6.07, 6.45) is 1.000. The number of amides is 3. The second-order valence-corrected chi connectivity index (χ2v) is 8.76. The molecule has 1 heterocycles. The molecule has 0 fully saturated rings. The Morgan fingerprint density at radius 3 is 2.44 bits per heavy atom. The predicted molar refractivity (Wildman–Crippen MR) is 134 cm³/mol. The summed E-state index contributed by atoms with van der Waals surface area (Å²) in [6, 6.07) is 7.33. The Bertz CT molecular complexity index is 1050. The van der Waals surface area contributed by atoms with E-state index < -0.39 is 30.0 Å². The van der Waals surface area contributed by atoms with Crippen molar-refractivity contribution < 1.29 is 23.9 Å². The van der Waals surface area contributed by atoms with Gasteiger partial charge in [-0.25, -0.2) is 14.6 Å². The highest BCUT2D eigenvalue weighted by molar-refractivity contribution is 5.95. The molecule has 0 bridgehead atoms. The maximum absolute atomic E-state index is 12.8. The van der Waals surface area contributed by atoms with E-state index in [1.54, 1.807) is 6.92 Å². The van der Waals surface area contributed by atoms with Gasteiger partial charge in [0.15, 0.2) is 11.7 Å². The molecule has 0 aliphatic rings. The van der Waals surface area contributed by atoms with Crippen molar-refractivity contribution in [1.29, 1.82) is 0 Å². The van der Waals surface area contributed by atoms with Gasteiger partial charge in [-0.1, -0.05) is 44.2 Å². The zero-order valence-electron chi connectivity index (χ0n) is 20.8. The Hall–Kier alpha value is -4.09. The number of urea groups is 1. The van der Waals surface area contributed by atoms with Crippen molar-refractivity contribution in [3.63, 3.8) is 0 Å². The van der Waals surface area contributed by atoms with E-state index in [1.807, 2.05) is 44.2 Å². The molecule has 0 saturated carbocycles. The van der Waals surface area contributed by atoms with Gasteiger partial charge in [0, 0.05) is 13.1 Å². The SMILES string of the molecule is Cc1oc(C(CC(C)C)NC(=O)NCc2ccccc2)nc1C(=O)N[C@@H](CCCN=C(N)N)C(=O)O. The van der Waals surface area contributed by atoms with Gasteiger partial charge in [-0.2, -0.15) is 0 Å². The lowest BCUT2D eigenvalue weighted by atomic mass is 10.0. The van der Waals surface area contributed by atoms with Crippen LogP contribution in [0.1, 0.15) is 66.9 Å². The number of aliphatic imine (C=N–C) groups is 1. The number of carbonyl (C=O) groups is 3. The summed E-state index contributed by atoms with van der Waals surface area (Å²) in [5.41, 5.74) is 11.4. The number of carboxylic acids is 1. The molecule has 0 aliphatic carbocycles. The number of nitrogens with zero attached hydrogens (tertiary/aromatic N) is 2. The molecule has 2 atom stereocenters. The fourth-order valence-electron chi connectivity index (χ4n) is 3.44. The first-order valence-electron chi connectivity index (χ1n) is 11.7. The lowest BCUT2D eigenvalue weighted by Crippen LogP contribution is -2.41. The standard InChI is InChI=1S/C24H35N7O5/c1-14(2)12-18(30-24(35)28-13-16-8-5-4-6-9-16)21-31-19(15(3)36-21)20(32)29-17(22(33)34)10-7-11-27-23(25)26/h4-6,8-9,14,17-18H,7,10-13H2,1-3H3,(H,29,32)(H,33,34)(H4,25,26,27)(H2,28,30,35)/t17-,18?/m0/s1. The van der Waals surface area contributed by atoms with Crippen LogP contribution < -0.4 is 27.4 Å². The Labute approximate surface area is 209 Å². The molecule has 8 N–H and O–H groups in total. The predicted octanol–water partition coefficient (Wildman–Crippen LogP) is 1.81. The molecule has 0 radical (unpaired) electrons. The molecule has 2 aromatic rings. The largest absolute Gasteiger partial charge is 0.480 e. The monoisotopic (exact) mass is 501 g/mol. The van der Waals surface area contributed by atoms with Gasteiger partial charge in [0.1, 0.15) is 17.8 Å². The number of guanidine groups is 1. The average Bonchev–Trinajstić information content (AvgIpc) is 3.21. The van der Waals surface area contributed by atoms with Crippen molar-refractivity contribution in [2.45, 2.75) is 58.7 Å². The van der Waals surface area contributed by atoms with E-state index in [2.05, 4.69) is 25.9 Å². The van der Waals surface area contributed by atoms with E-state index >= 15 is 0 Å². The van der Waals surface area contributed by atoms with Crippen LogP contribution in [0.15, 0.2) is 39.7 Å². The number of rotatable bonds is 13. The molecular weight excluding hydrogens is 466 g/mol. The van der Waals surface area contributed by atoms with Crippen molar-refractivity contribution in [3.05, 3.63) is 53.2 Å². The average molecular weight is 502 g/mol. The molecule has 1 aromatic carbocycles. The van der Waals surface area contributed by atoms with Gasteiger partial charge in [-0.15, -0.1) is 0 Å². The lowest BCUT2D eigenvalue weighted by Gasteiger charge is -2.18. The van der Waals surface area contributed by atoms with Crippen molar-refractivity contribution >= 4 is 23.9 Å². The molecule has 0 aliphatic heterocycles. The fraction of sp³-hybridized carbons (Fsp3) is 0.458. The van der Waals surface area contributed by atoms with Gasteiger partial charge in [0.2, 0.25) is 5.89 Å². The van der Waals surface area contributed by atoms with Crippen LogP contribution in [0.5, 0.6) is 0 Å². The van der Waals surface area contributed by atoms with Gasteiger partial charge >= 0.3 is 12.0 Å². The molecule has 36 heavy (non-hydrogen) atoms. The molecule has 0 saturated heterocycles. The van der Waals surface area contributed by atoms with Crippen LogP contribution in [-0.4, -0.2) is 46.5 Å². The Kier molecular flexibility index (Phi) is 10.7. The van der Waals surface area contributed by atoms with Crippen LogP contribution in [0, 0.1) is 12.8 Å². The third kappa shape index (κ3) is 9.28. The highest BCUT2D eigenvalue weighted by atomic mass is 16.4. The molecule has 2 rings (SSSR count). The van der Waals surface area contributed by atoms with Crippen molar-refractivity contribution in [2.75, 3.05) is 6.54 Å². The highest BCUT2D eigenvalue weighted by Gasteiger charge is 2.27. The number of aryl methyl sites for hydroxylation is 1. The molecule has 12 nitrogen and oxygen atoms in total. The van der Waals surface area contributed by atoms with Crippen molar-refractivity contribution in [1.82, 2.24) is 20.9 Å². The van der Waals surface area contributed by atoms with E-state index in [4.69, 9.17) is 15.9 Å². The van der Waals surface area contributed by atoms with Gasteiger partial charge in [0.05, 0.1) is 0 Å². The van der Waals surface area contributed by atoms with Crippen LogP contribution in [-0.2, 0) is 11.3 Å². The quantitative estimate of drug-likeness (QED) is 0.136. The number of carbonyl (C=O) groups excluding carboxylic acids is 2. The third-order valence-electron chi connectivity index (χ3n) is 5.18. The first kappa shape index (κ1) is 28.1. The maximum atomic E-state index is 12.8. The number of aromatic nitrogens is 1. The summed E-state index contributed by atoms with van der Waals surface area (Å²) in [4.78, 5) is 45.0. The van der Waals surface area contributed by atoms with E-state index in [0.717, 1.165) is 5.56 Å². The van der Waals surface area contributed by atoms with Gasteiger partial charge in [-0.3, -0.25) is 9.79 Å². The second-order valence-electron chi connectivity index (χ2n) is 8.76. The number of hydrogen-bond acceptors (Lipinski definition) is 6. The molecule has 0 spiro atoms. The molecule has 1 aromatic heterocycles. The first-order chi connectivity index (χ1) is 17.1. The van der Waals surface area contributed by atoms with Crippen LogP contribution in [0.25, 0.3) is 0 Å². The van der Waals surface area contributed by atoms with E-state index in [-0.39, 0.29) is 42.2 Å². The number of aliphatic carboxylic acids is 1. The second kappa shape index (κ2) is 13.7. The number of nitrogens with one attached hydrogen (secondary N) is 3.